The van der Waals surface area contributed by atoms with Gasteiger partial charge in [0.15, 0.2) is 5.11 Å². The van der Waals surface area contributed by atoms with E-state index < -0.39 is 17.9 Å². The first-order chi connectivity index (χ1) is 21.5. The van der Waals surface area contributed by atoms with Gasteiger partial charge in [-0.05, 0) is 42.9 Å². The van der Waals surface area contributed by atoms with Gasteiger partial charge in [0.05, 0.1) is 18.6 Å². The fraction of sp³-hybridized carbons (Fsp3) is 0.529. The van der Waals surface area contributed by atoms with Crippen molar-refractivity contribution < 1.29 is 28.6 Å². The number of benzene rings is 2. The van der Waals surface area contributed by atoms with Crippen molar-refractivity contribution in [3.05, 3.63) is 60.2 Å². The highest BCUT2D eigenvalue weighted by Crippen LogP contribution is 2.19. The van der Waals surface area contributed by atoms with Crippen LogP contribution in [0, 0.1) is 0 Å². The Morgan fingerprint density at radius 2 is 1.50 bits per heavy atom. The monoisotopic (exact) mass is 625 g/mol. The molecule has 0 spiro atoms. The van der Waals surface area contributed by atoms with E-state index in [2.05, 4.69) is 17.6 Å². The summed E-state index contributed by atoms with van der Waals surface area (Å²) in [7, 11) is 0. The van der Waals surface area contributed by atoms with Gasteiger partial charge in [0, 0.05) is 13.1 Å². The van der Waals surface area contributed by atoms with Crippen LogP contribution in [0.2, 0.25) is 0 Å². The molecule has 0 bridgehead atoms. The van der Waals surface area contributed by atoms with Crippen molar-refractivity contribution >= 4 is 35.1 Å². The maximum absolute atomic E-state index is 13.2. The summed E-state index contributed by atoms with van der Waals surface area (Å²) in [6.45, 7) is 3.80. The lowest BCUT2D eigenvalue weighted by Crippen LogP contribution is -2.60. The number of unbranched alkanes of at least 4 members (excludes halogenated alkanes) is 9. The Balaban J connectivity index is 1.41. The second-order valence-corrected chi connectivity index (χ2v) is 11.3. The van der Waals surface area contributed by atoms with Crippen LogP contribution in [0.5, 0.6) is 11.5 Å². The molecular weight excluding hydrogens is 578 g/mol. The second-order valence-electron chi connectivity index (χ2n) is 10.9. The van der Waals surface area contributed by atoms with Gasteiger partial charge in [-0.15, -0.1) is 0 Å². The van der Waals surface area contributed by atoms with Gasteiger partial charge in [-0.3, -0.25) is 19.7 Å². The number of nitrogens with one attached hydrogen (secondary N) is 2. The molecule has 10 heteroatoms. The van der Waals surface area contributed by atoms with Crippen molar-refractivity contribution in [2.24, 2.45) is 0 Å². The minimum atomic E-state index is -0.863. The van der Waals surface area contributed by atoms with Crippen LogP contribution >= 0.6 is 12.2 Å². The number of nitrogens with zero attached hydrogens (tertiary/aromatic N) is 1. The maximum atomic E-state index is 13.2. The molecule has 1 aliphatic heterocycles. The number of amides is 2. The number of rotatable bonds is 19. The number of hydrogen-bond acceptors (Lipinski definition) is 7. The largest absolute Gasteiger partial charge is 0.490 e. The van der Waals surface area contributed by atoms with Gasteiger partial charge in [-0.25, -0.2) is 0 Å². The Labute approximate surface area is 267 Å². The van der Waals surface area contributed by atoms with E-state index in [0.717, 1.165) is 25.0 Å². The Hall–Kier alpha value is -3.66. The molecule has 0 aliphatic carbocycles. The second kappa shape index (κ2) is 20.3. The molecule has 2 amide bonds. The summed E-state index contributed by atoms with van der Waals surface area (Å²) in [5.41, 5.74) is 0.295. The standard InChI is InChI=1S/C34H47N3O6S/c1-2-3-4-5-6-7-8-9-10-16-23-43-31(38)26-29-33(40)35-21-22-37(29)34(44)36-32(39)28-19-14-15-20-30(28)42-25-24-41-27-17-12-11-13-18-27/h11-15,17-20,29H,2-10,16,21-26H2,1H3,(H,35,40)(H,36,39,44). The zero-order valence-electron chi connectivity index (χ0n) is 25.9. The highest BCUT2D eigenvalue weighted by atomic mass is 32.1. The first-order valence-corrected chi connectivity index (χ1v) is 16.4. The van der Waals surface area contributed by atoms with Crippen molar-refractivity contribution in [3.63, 3.8) is 0 Å². The van der Waals surface area contributed by atoms with E-state index in [4.69, 9.17) is 26.4 Å². The van der Waals surface area contributed by atoms with E-state index >= 15 is 0 Å². The summed E-state index contributed by atoms with van der Waals surface area (Å²) in [5, 5.41) is 5.56. The lowest BCUT2D eigenvalue weighted by molar-refractivity contribution is -0.147. The lowest BCUT2D eigenvalue weighted by Gasteiger charge is -2.36. The maximum Gasteiger partial charge on any atom is 0.308 e. The first-order valence-electron chi connectivity index (χ1n) is 15.9. The minimum Gasteiger partial charge on any atom is -0.490 e. The molecule has 9 nitrogen and oxygen atoms in total. The van der Waals surface area contributed by atoms with Crippen molar-refractivity contribution in [2.45, 2.75) is 83.6 Å². The van der Waals surface area contributed by atoms with Gasteiger partial charge in [0.2, 0.25) is 5.91 Å². The van der Waals surface area contributed by atoms with Crippen molar-refractivity contribution in [1.82, 2.24) is 15.5 Å². The van der Waals surface area contributed by atoms with Crippen LogP contribution in [-0.2, 0) is 14.3 Å². The molecule has 1 aliphatic rings. The molecule has 240 valence electrons. The van der Waals surface area contributed by atoms with Crippen LogP contribution in [0.3, 0.4) is 0 Å². The summed E-state index contributed by atoms with van der Waals surface area (Å²) in [5.74, 6) is -0.143. The van der Waals surface area contributed by atoms with Crippen LogP contribution in [-0.4, -0.2) is 66.7 Å². The fourth-order valence-corrected chi connectivity index (χ4v) is 5.31. The number of carbonyl (C=O) groups is 3. The number of ether oxygens (including phenoxy) is 3. The molecule has 1 saturated heterocycles. The molecule has 2 aromatic rings. The van der Waals surface area contributed by atoms with Crippen molar-refractivity contribution in [1.29, 1.82) is 0 Å². The normalized spacial score (nSPS) is 14.4. The molecule has 2 aromatic carbocycles. The third kappa shape index (κ3) is 12.5. The first kappa shape index (κ1) is 34.8. The van der Waals surface area contributed by atoms with E-state index in [9.17, 15) is 14.4 Å². The number of carbonyl (C=O) groups excluding carboxylic acids is 3. The van der Waals surface area contributed by atoms with Gasteiger partial charge in [-0.1, -0.05) is 95.0 Å². The quantitative estimate of drug-likeness (QED) is 0.114. The van der Waals surface area contributed by atoms with Crippen LogP contribution < -0.4 is 20.1 Å². The average Bonchev–Trinajstić information content (AvgIpc) is 3.03. The van der Waals surface area contributed by atoms with E-state index in [1.807, 2.05) is 30.3 Å². The van der Waals surface area contributed by atoms with Crippen molar-refractivity contribution in [2.75, 3.05) is 32.9 Å². The molecule has 3 rings (SSSR count). The number of esters is 1. The summed E-state index contributed by atoms with van der Waals surface area (Å²) in [6.07, 6.45) is 11.8. The van der Waals surface area contributed by atoms with Crippen molar-refractivity contribution in [3.8, 4) is 11.5 Å². The smallest absolute Gasteiger partial charge is 0.308 e. The van der Waals surface area contributed by atoms with Crippen LogP contribution in [0.15, 0.2) is 54.6 Å². The minimum absolute atomic E-state index is 0.0690. The molecule has 1 atom stereocenters. The molecule has 1 heterocycles. The molecule has 0 saturated carbocycles. The summed E-state index contributed by atoms with van der Waals surface area (Å²) in [4.78, 5) is 40.1. The van der Waals surface area contributed by atoms with E-state index in [-0.39, 0.29) is 24.0 Å². The molecule has 1 fully saturated rings. The van der Waals surface area contributed by atoms with Gasteiger partial charge in [0.25, 0.3) is 5.91 Å². The number of thiocarbonyl (C=S) groups is 1. The topological polar surface area (TPSA) is 106 Å². The number of piperazine rings is 1. The Bertz CT molecular complexity index is 1180. The third-order valence-electron chi connectivity index (χ3n) is 7.42. The highest BCUT2D eigenvalue weighted by molar-refractivity contribution is 7.80. The Morgan fingerprint density at radius 1 is 0.864 bits per heavy atom. The van der Waals surface area contributed by atoms with Gasteiger partial charge in [-0.2, -0.15) is 0 Å². The number of hydrogen-bond donors (Lipinski definition) is 2. The molecule has 44 heavy (non-hydrogen) atoms. The lowest BCUT2D eigenvalue weighted by atomic mass is 10.1. The SMILES string of the molecule is CCCCCCCCCCCCOC(=O)CC1C(=O)NCCN1C(=S)NC(=O)c1ccccc1OCCOc1ccccc1. The summed E-state index contributed by atoms with van der Waals surface area (Å²) < 4.78 is 16.9. The zero-order valence-corrected chi connectivity index (χ0v) is 26.7. The van der Waals surface area contributed by atoms with E-state index in [1.54, 1.807) is 29.2 Å². The van der Waals surface area contributed by atoms with Crippen LogP contribution in [0.4, 0.5) is 0 Å². The van der Waals surface area contributed by atoms with Gasteiger partial charge in [0.1, 0.15) is 30.8 Å². The molecule has 0 aromatic heterocycles. The average molecular weight is 626 g/mol. The predicted octanol–water partition coefficient (Wildman–Crippen LogP) is 5.81. The summed E-state index contributed by atoms with van der Waals surface area (Å²) >= 11 is 5.52. The van der Waals surface area contributed by atoms with Gasteiger partial charge >= 0.3 is 5.97 Å². The Kier molecular flexibility index (Phi) is 16.1. The van der Waals surface area contributed by atoms with Crippen LogP contribution in [0.25, 0.3) is 0 Å². The number of para-hydroxylation sites is 2. The highest BCUT2D eigenvalue weighted by Gasteiger charge is 2.34. The molecular formula is C34H47N3O6S. The third-order valence-corrected chi connectivity index (χ3v) is 7.75. The predicted molar refractivity (Wildman–Crippen MR) is 175 cm³/mol. The fourth-order valence-electron chi connectivity index (χ4n) is 5.00. The zero-order chi connectivity index (χ0) is 31.4. The Morgan fingerprint density at radius 3 is 2.23 bits per heavy atom. The molecule has 1 unspecified atom stereocenters. The van der Waals surface area contributed by atoms with Gasteiger partial charge < -0.3 is 24.4 Å². The van der Waals surface area contributed by atoms with E-state index in [0.29, 0.717) is 37.6 Å². The van der Waals surface area contributed by atoms with Crippen LogP contribution in [0.1, 0.15) is 87.9 Å². The van der Waals surface area contributed by atoms with E-state index in [1.165, 1.54) is 44.9 Å². The molecule has 0 radical (unpaired) electrons. The molecule has 2 N–H and O–H groups in total. The summed E-state index contributed by atoms with van der Waals surface area (Å²) in [6, 6.07) is 15.4.